The van der Waals surface area contributed by atoms with Crippen LogP contribution in [0.1, 0.15) is 25.7 Å². The Kier molecular flexibility index (Phi) is 7.93. The molecule has 15 heteroatoms. The van der Waals surface area contributed by atoms with Gasteiger partial charge in [0.05, 0.1) is 39.0 Å². The highest BCUT2D eigenvalue weighted by Gasteiger charge is 2.42. The van der Waals surface area contributed by atoms with E-state index in [4.69, 9.17) is 9.31 Å². The maximum atomic E-state index is 11.7. The summed E-state index contributed by atoms with van der Waals surface area (Å²) in [7, 11) is 3.61. The van der Waals surface area contributed by atoms with Crippen LogP contribution in [-0.4, -0.2) is 101 Å². The second-order valence-electron chi connectivity index (χ2n) is 8.79. The normalized spacial score (nSPS) is 18.5. The topological polar surface area (TPSA) is 170 Å². The average Bonchev–Trinajstić information content (AvgIpc) is 2.94. The molecule has 2 N–H and O–H groups in total. The first-order chi connectivity index (χ1) is 17.8. The van der Waals surface area contributed by atoms with Crippen molar-refractivity contribution in [3.05, 3.63) is 24.8 Å². The second-order valence-corrected chi connectivity index (χ2v) is 8.79. The number of ether oxygens (including phenoxy) is 2. The fourth-order valence-electron chi connectivity index (χ4n) is 4.14. The third kappa shape index (κ3) is 5.99. The molecule has 4 rings (SSSR count). The Bertz CT molecular complexity index is 988. The van der Waals surface area contributed by atoms with Crippen LogP contribution < -0.4 is 19.1 Å². The number of nitrogens with zero attached hydrogens (tertiary/aromatic N) is 6. The second kappa shape index (κ2) is 11.1. The Balaban J connectivity index is 1.21. The molecule has 2 saturated heterocycles. The van der Waals surface area contributed by atoms with Crippen molar-refractivity contribution in [2.45, 2.75) is 36.9 Å². The molecule has 197 valence electrons. The van der Waals surface area contributed by atoms with Gasteiger partial charge >= 0.3 is 19.6 Å². The molecule has 0 saturated carbocycles. The summed E-state index contributed by atoms with van der Waals surface area (Å²) in [6, 6.07) is 0. The van der Waals surface area contributed by atoms with Gasteiger partial charge in [0.15, 0.2) is 11.2 Å². The average molecular weight is 515 g/mol. The van der Waals surface area contributed by atoms with Crippen molar-refractivity contribution in [2.24, 2.45) is 0 Å². The van der Waals surface area contributed by atoms with E-state index in [0.717, 1.165) is 7.69 Å². The number of carbonyl (C=O) groups is 2. The monoisotopic (exact) mass is 515 g/mol. The van der Waals surface area contributed by atoms with Crippen LogP contribution in [0.4, 0.5) is 11.9 Å². The number of esters is 2. The van der Waals surface area contributed by atoms with Gasteiger partial charge in [-0.25, -0.2) is 29.5 Å². The van der Waals surface area contributed by atoms with Crippen LogP contribution in [0.2, 0.25) is 0 Å². The van der Waals surface area contributed by atoms with Crippen LogP contribution in [0.3, 0.4) is 0 Å². The van der Waals surface area contributed by atoms with Crippen molar-refractivity contribution >= 4 is 31.5 Å². The number of aromatic nitrogens is 4. The zero-order valence-corrected chi connectivity index (χ0v) is 20.6. The van der Waals surface area contributed by atoms with E-state index < -0.39 is 23.1 Å². The van der Waals surface area contributed by atoms with Crippen molar-refractivity contribution < 1.29 is 38.6 Å². The van der Waals surface area contributed by atoms with Crippen LogP contribution >= 0.6 is 0 Å². The molecule has 0 atom stereocenters. The first kappa shape index (κ1) is 26.4. The number of hydrogen-bond donors (Lipinski definition) is 2. The zero-order chi connectivity index (χ0) is 26.5. The largest absolute Gasteiger partial charge is 0.658 e. The Labute approximate surface area is 213 Å². The molecule has 0 unspecified atom stereocenters. The number of carbonyl (C=O) groups excluding carboxylic acids is 2. The molecule has 2 aliphatic rings. The third-order valence-corrected chi connectivity index (χ3v) is 6.48. The Morgan fingerprint density at radius 2 is 1.05 bits per heavy atom. The number of methoxy groups -OCH3 is 2. The number of anilines is 2. The summed E-state index contributed by atoms with van der Waals surface area (Å²) in [5.41, 5.74) is -2.96. The minimum absolute atomic E-state index is 0.219. The Morgan fingerprint density at radius 3 is 1.35 bits per heavy atom. The van der Waals surface area contributed by atoms with E-state index in [0.29, 0.717) is 49.6 Å². The molecule has 1 radical (unpaired) electrons. The summed E-state index contributed by atoms with van der Waals surface area (Å²) >= 11 is 0. The van der Waals surface area contributed by atoms with E-state index >= 15 is 0 Å². The van der Waals surface area contributed by atoms with Crippen molar-refractivity contribution in [1.82, 2.24) is 19.9 Å². The molecule has 14 nitrogen and oxygen atoms in total. The summed E-state index contributed by atoms with van der Waals surface area (Å²) in [5, 5.41) is 20.7. The smallest absolute Gasteiger partial charge is 0.524 e. The number of rotatable bonds is 8. The molecule has 2 aromatic rings. The SMILES string of the molecule is COC(=O)C1(O)CCN(c2ncc(O[B]Oc3cnc(N4CCC(O)(C(=O)OC)CC4)nc3)cn2)CC1. The highest BCUT2D eigenvalue weighted by atomic mass is 16.6. The maximum absolute atomic E-state index is 11.7. The van der Waals surface area contributed by atoms with Crippen LogP contribution in [0.5, 0.6) is 11.5 Å². The first-order valence-electron chi connectivity index (χ1n) is 11.7. The van der Waals surface area contributed by atoms with Gasteiger partial charge in [0.1, 0.15) is 11.5 Å². The lowest BCUT2D eigenvalue weighted by Crippen LogP contribution is -2.50. The predicted molar refractivity (Wildman–Crippen MR) is 128 cm³/mol. The van der Waals surface area contributed by atoms with Gasteiger partial charge in [-0.15, -0.1) is 0 Å². The van der Waals surface area contributed by atoms with Gasteiger partial charge in [-0.1, -0.05) is 0 Å². The van der Waals surface area contributed by atoms with Crippen molar-refractivity contribution in [3.63, 3.8) is 0 Å². The van der Waals surface area contributed by atoms with Gasteiger partial charge < -0.3 is 38.8 Å². The van der Waals surface area contributed by atoms with E-state index in [2.05, 4.69) is 29.4 Å². The molecule has 2 aliphatic heterocycles. The van der Waals surface area contributed by atoms with Gasteiger partial charge in [0.2, 0.25) is 11.9 Å². The highest BCUT2D eigenvalue weighted by molar-refractivity contribution is 6.20. The van der Waals surface area contributed by atoms with Gasteiger partial charge in [-0.2, -0.15) is 0 Å². The fraction of sp³-hybridized carbons (Fsp3) is 0.545. The van der Waals surface area contributed by atoms with Gasteiger partial charge in [0, 0.05) is 51.9 Å². The molecule has 2 aromatic heterocycles. The molecular weight excluding hydrogens is 487 g/mol. The zero-order valence-electron chi connectivity index (χ0n) is 20.6. The van der Waals surface area contributed by atoms with E-state index in [1.165, 1.54) is 39.0 Å². The van der Waals surface area contributed by atoms with Crippen LogP contribution in [0.25, 0.3) is 0 Å². The number of aliphatic hydroxyl groups is 2. The molecule has 4 heterocycles. The summed E-state index contributed by atoms with van der Waals surface area (Å²) in [5.74, 6) is 0.324. The van der Waals surface area contributed by atoms with Crippen LogP contribution in [0.15, 0.2) is 24.8 Å². The first-order valence-corrected chi connectivity index (χ1v) is 11.7. The quantitative estimate of drug-likeness (QED) is 0.333. The lowest BCUT2D eigenvalue weighted by atomic mass is 9.92. The van der Waals surface area contributed by atoms with Crippen molar-refractivity contribution in [2.75, 3.05) is 50.2 Å². The molecule has 37 heavy (non-hydrogen) atoms. The van der Waals surface area contributed by atoms with Crippen molar-refractivity contribution in [3.8, 4) is 11.5 Å². The molecule has 2 fully saturated rings. The van der Waals surface area contributed by atoms with E-state index in [-0.39, 0.29) is 25.7 Å². The summed E-state index contributed by atoms with van der Waals surface area (Å²) in [6.07, 6.45) is 6.80. The van der Waals surface area contributed by atoms with Crippen molar-refractivity contribution in [1.29, 1.82) is 0 Å². The molecule has 0 aromatic carbocycles. The van der Waals surface area contributed by atoms with Gasteiger partial charge in [-0.3, -0.25) is 0 Å². The Hall–Kier alpha value is -3.72. The summed E-state index contributed by atoms with van der Waals surface area (Å²) in [6.45, 7) is 1.61. The summed E-state index contributed by atoms with van der Waals surface area (Å²) in [4.78, 5) is 44.3. The lowest BCUT2D eigenvalue weighted by molar-refractivity contribution is -0.164. The maximum Gasteiger partial charge on any atom is 0.658 e. The van der Waals surface area contributed by atoms with Gasteiger partial charge in [-0.05, 0) is 0 Å². The van der Waals surface area contributed by atoms with Crippen LogP contribution in [0, 0.1) is 0 Å². The fourth-order valence-corrected chi connectivity index (χ4v) is 4.14. The highest BCUT2D eigenvalue weighted by Crippen LogP contribution is 2.27. The standard InChI is InChI=1S/C22H28BN6O8/c1-34-17(30)21(32)3-7-28(8-4-21)19-24-11-15(12-25-19)36-23-37-16-13-26-20(27-14-16)29-9-5-22(33,6-10-29)18(31)35-2/h11-14,32-33H,3-10H2,1-2H3. The van der Waals surface area contributed by atoms with Crippen LogP contribution in [-0.2, 0) is 19.1 Å². The van der Waals surface area contributed by atoms with Gasteiger partial charge in [0.25, 0.3) is 0 Å². The van der Waals surface area contributed by atoms with E-state index in [9.17, 15) is 19.8 Å². The molecule has 0 spiro atoms. The third-order valence-electron chi connectivity index (χ3n) is 6.48. The predicted octanol–water partition coefficient (Wildman–Crippen LogP) is -0.733. The number of hydrogen-bond acceptors (Lipinski definition) is 14. The minimum Gasteiger partial charge on any atom is -0.524 e. The number of piperidine rings is 2. The lowest BCUT2D eigenvalue weighted by Gasteiger charge is -2.36. The Morgan fingerprint density at radius 1 is 0.730 bits per heavy atom. The molecule has 0 aliphatic carbocycles. The molecule has 0 amide bonds. The van der Waals surface area contributed by atoms with E-state index in [1.807, 2.05) is 9.80 Å². The van der Waals surface area contributed by atoms with E-state index in [1.54, 1.807) is 0 Å². The summed E-state index contributed by atoms with van der Waals surface area (Å²) < 4.78 is 20.1. The minimum atomic E-state index is -1.48. The molecule has 0 bridgehead atoms. The molecular formula is C22H28BN6O8.